The van der Waals surface area contributed by atoms with Gasteiger partial charge >= 0.3 is 29.6 Å². The molecule has 22 heavy (non-hydrogen) atoms. The molecule has 1 fully saturated rings. The number of hydrogen-bond donors (Lipinski definition) is 1. The van der Waals surface area contributed by atoms with Crippen molar-refractivity contribution in [2.45, 2.75) is 38.5 Å². The number of carbonyl (C=O) groups excluding carboxylic acids is 1. The second-order valence-electron chi connectivity index (χ2n) is 5.30. The predicted octanol–water partition coefficient (Wildman–Crippen LogP) is -1.25. The molecule has 1 aliphatic heterocycles. The Morgan fingerprint density at radius 3 is 2.59 bits per heavy atom. The third-order valence-corrected chi connectivity index (χ3v) is 5.22. The van der Waals surface area contributed by atoms with E-state index < -0.39 is 12.0 Å². The van der Waals surface area contributed by atoms with Gasteiger partial charge in [-0.3, -0.25) is 0 Å². The van der Waals surface area contributed by atoms with Crippen LogP contribution in [0.25, 0.3) is 0 Å². The number of carboxylic acid groups (broad SMARTS) is 1. The number of carbonyl (C=O) groups is 1. The normalized spacial score (nSPS) is 17.2. The van der Waals surface area contributed by atoms with E-state index in [9.17, 15) is 15.0 Å². The Bertz CT molecular complexity index is 557. The first-order chi connectivity index (χ1) is 9.90. The van der Waals surface area contributed by atoms with E-state index in [1.54, 1.807) is 4.90 Å². The monoisotopic (exact) mass is 347 g/mol. The predicted molar refractivity (Wildman–Crippen MR) is 86.2 cm³/mol. The molecule has 0 amide bonds. The van der Waals surface area contributed by atoms with Gasteiger partial charge in [0.15, 0.2) is 0 Å². The number of phenols is 1. The van der Waals surface area contributed by atoms with E-state index in [-0.39, 0.29) is 29.6 Å². The molecule has 4 nitrogen and oxygen atoms in total. The van der Waals surface area contributed by atoms with Crippen LogP contribution in [0.15, 0.2) is 12.1 Å². The fraction of sp³-hybridized carbons (Fsp3) is 0.467. The molecule has 1 N–H and O–H groups in total. The van der Waals surface area contributed by atoms with Crippen LogP contribution in [0.3, 0.4) is 0 Å². The van der Waals surface area contributed by atoms with Crippen molar-refractivity contribution in [1.29, 1.82) is 0 Å². The Hall–Kier alpha value is -0.270. The summed E-state index contributed by atoms with van der Waals surface area (Å²) in [6, 6.07) is 3.27. The average Bonchev–Trinajstić information content (AvgIpc) is 2.91. The summed E-state index contributed by atoms with van der Waals surface area (Å²) < 4.78 is 0.602. The first-order valence-electron chi connectivity index (χ1n) is 6.83. The Morgan fingerprint density at radius 1 is 1.45 bits per heavy atom. The van der Waals surface area contributed by atoms with Crippen LogP contribution < -0.4 is 34.7 Å². The van der Waals surface area contributed by atoms with Crippen molar-refractivity contribution in [2.24, 2.45) is 0 Å². The number of aromatic hydroxyl groups is 1. The summed E-state index contributed by atoms with van der Waals surface area (Å²) in [5, 5.41) is 20.8. The van der Waals surface area contributed by atoms with Gasteiger partial charge in [-0.15, -0.1) is 0 Å². The molecule has 1 aromatic rings. The van der Waals surface area contributed by atoms with Crippen molar-refractivity contribution in [1.82, 2.24) is 4.90 Å². The zero-order valence-corrected chi connectivity index (χ0v) is 16.7. The van der Waals surface area contributed by atoms with Gasteiger partial charge in [-0.25, -0.2) is 0 Å². The summed E-state index contributed by atoms with van der Waals surface area (Å²) in [6.07, 6.45) is 1.43. The number of aliphatic carboxylic acids is 1. The van der Waals surface area contributed by atoms with Crippen LogP contribution >= 0.6 is 24.0 Å². The summed E-state index contributed by atoms with van der Waals surface area (Å²) in [5.41, 5.74) is 2.75. The SMILES string of the molecule is Cc1cc(CSC(=S)N2CCCC2C(=O)[O-])cc(C)c1O.[Na+]. The first-order valence-corrected chi connectivity index (χ1v) is 8.23. The molecule has 1 atom stereocenters. The number of nitrogens with zero attached hydrogens (tertiary/aromatic N) is 1. The molecule has 0 saturated carbocycles. The molecule has 1 aliphatic rings. The van der Waals surface area contributed by atoms with Gasteiger partial charge in [-0.1, -0.05) is 36.1 Å². The molecule has 0 spiro atoms. The maximum atomic E-state index is 11.1. The Morgan fingerprint density at radius 2 is 2.05 bits per heavy atom. The maximum Gasteiger partial charge on any atom is 1.00 e. The first kappa shape index (κ1) is 19.8. The van der Waals surface area contributed by atoms with E-state index in [0.29, 0.717) is 28.8 Å². The van der Waals surface area contributed by atoms with Gasteiger partial charge in [0.2, 0.25) is 0 Å². The summed E-state index contributed by atoms with van der Waals surface area (Å²) in [4.78, 5) is 12.8. The minimum atomic E-state index is -1.05. The van der Waals surface area contributed by atoms with E-state index in [0.717, 1.165) is 23.1 Å². The zero-order valence-electron chi connectivity index (χ0n) is 13.1. The Labute approximate surface area is 162 Å². The van der Waals surface area contributed by atoms with Crippen molar-refractivity contribution in [2.75, 3.05) is 6.54 Å². The number of carboxylic acids is 1. The molecule has 1 saturated heterocycles. The van der Waals surface area contributed by atoms with Crippen molar-refractivity contribution < 1.29 is 44.6 Å². The van der Waals surface area contributed by atoms with Gasteiger partial charge in [0.05, 0.1) is 12.0 Å². The molecule has 7 heteroatoms. The number of thiocarbonyl (C=S) groups is 1. The topological polar surface area (TPSA) is 63.6 Å². The van der Waals surface area contributed by atoms with E-state index in [1.807, 2.05) is 26.0 Å². The molecule has 0 radical (unpaired) electrons. The Balaban J connectivity index is 0.00000242. The molecule has 114 valence electrons. The summed E-state index contributed by atoms with van der Waals surface area (Å²) >= 11 is 6.80. The Kier molecular flexibility index (Phi) is 7.68. The van der Waals surface area contributed by atoms with Gasteiger partial charge in [-0.2, -0.15) is 0 Å². The van der Waals surface area contributed by atoms with E-state index >= 15 is 0 Å². The average molecular weight is 347 g/mol. The third-order valence-electron chi connectivity index (χ3n) is 3.67. The number of thioether (sulfide) groups is 1. The van der Waals surface area contributed by atoms with Gasteiger partial charge in [0.1, 0.15) is 10.1 Å². The second kappa shape index (κ2) is 8.55. The second-order valence-corrected chi connectivity index (χ2v) is 6.91. The van der Waals surface area contributed by atoms with Crippen LogP contribution in [-0.2, 0) is 10.5 Å². The quantitative estimate of drug-likeness (QED) is 0.544. The van der Waals surface area contributed by atoms with Crippen molar-refractivity contribution in [3.63, 3.8) is 0 Å². The molecule has 0 aliphatic carbocycles. The molecule has 2 rings (SSSR count). The summed E-state index contributed by atoms with van der Waals surface area (Å²) in [6.45, 7) is 4.40. The molecule has 0 aromatic heterocycles. The van der Waals surface area contributed by atoms with Gasteiger partial charge in [0.25, 0.3) is 0 Å². The number of aryl methyl sites for hydroxylation is 2. The molecule has 1 unspecified atom stereocenters. The van der Waals surface area contributed by atoms with Crippen molar-refractivity contribution in [3.05, 3.63) is 28.8 Å². The summed E-state index contributed by atoms with van der Waals surface area (Å²) in [5.74, 6) is -0.0634. The number of likely N-dealkylation sites (tertiary alicyclic amines) is 1. The van der Waals surface area contributed by atoms with Crippen LogP contribution in [0.1, 0.15) is 29.5 Å². The van der Waals surface area contributed by atoms with Gasteiger partial charge in [-0.05, 0) is 43.4 Å². The maximum absolute atomic E-state index is 11.1. The summed E-state index contributed by atoms with van der Waals surface area (Å²) in [7, 11) is 0. The van der Waals surface area contributed by atoms with Crippen LogP contribution in [0, 0.1) is 13.8 Å². The largest absolute Gasteiger partial charge is 1.00 e. The molecule has 1 aromatic carbocycles. The number of hydrogen-bond acceptors (Lipinski definition) is 5. The van der Waals surface area contributed by atoms with E-state index in [4.69, 9.17) is 12.2 Å². The minimum absolute atomic E-state index is 0. The van der Waals surface area contributed by atoms with Crippen molar-refractivity contribution in [3.8, 4) is 5.75 Å². The number of benzene rings is 1. The molecule has 1 heterocycles. The third kappa shape index (κ3) is 4.61. The number of rotatable bonds is 3. The van der Waals surface area contributed by atoms with Crippen LogP contribution in [0.2, 0.25) is 0 Å². The van der Waals surface area contributed by atoms with Gasteiger partial charge in [0, 0.05) is 12.3 Å². The smallest absolute Gasteiger partial charge is 0.548 e. The van der Waals surface area contributed by atoms with E-state index in [1.165, 1.54) is 11.8 Å². The minimum Gasteiger partial charge on any atom is -0.548 e. The van der Waals surface area contributed by atoms with Crippen LogP contribution in [0.5, 0.6) is 5.75 Å². The fourth-order valence-corrected chi connectivity index (χ4v) is 3.82. The van der Waals surface area contributed by atoms with Gasteiger partial charge < -0.3 is 19.9 Å². The standard InChI is InChI=1S/C15H19NO3S2.Na/c1-9-6-11(7-10(2)13(9)17)8-21-15(20)16-5-3-4-12(16)14(18)19;/h6-7,12,17H,3-5,8H2,1-2H3,(H,18,19);/q;+1/p-1. The molecule has 0 bridgehead atoms. The molecular weight excluding hydrogens is 329 g/mol. The zero-order chi connectivity index (χ0) is 15.6. The molecular formula is C15H18NNaO3S2. The fourth-order valence-electron chi connectivity index (χ4n) is 2.59. The van der Waals surface area contributed by atoms with E-state index in [2.05, 4.69) is 0 Å². The number of phenolic OH excluding ortho intramolecular Hbond substituents is 1. The van der Waals surface area contributed by atoms with Crippen molar-refractivity contribution >= 4 is 34.3 Å². The van der Waals surface area contributed by atoms with Crippen LogP contribution in [0.4, 0.5) is 0 Å². The van der Waals surface area contributed by atoms with Crippen LogP contribution in [-0.4, -0.2) is 32.9 Å².